The largest absolute Gasteiger partial charge is 0.389 e. The van der Waals surface area contributed by atoms with E-state index in [1.807, 2.05) is 6.08 Å². The highest BCUT2D eigenvalue weighted by Crippen LogP contribution is 2.41. The number of ether oxygens (including phenoxy) is 1. The first kappa shape index (κ1) is 10.7. The zero-order valence-corrected chi connectivity index (χ0v) is 9.22. The molecule has 1 atom stereocenters. The molecule has 0 amide bonds. The normalized spacial score (nSPS) is 30.8. The molecule has 1 aliphatic rings. The lowest BCUT2D eigenvalue weighted by Crippen LogP contribution is -2.26. The number of aliphatic hydroxyl groups excluding tert-OH is 1. The number of aliphatic hydroxyl groups is 1. The van der Waals surface area contributed by atoms with Crippen LogP contribution >= 0.6 is 0 Å². The third kappa shape index (κ3) is 2.55. The summed E-state index contributed by atoms with van der Waals surface area (Å²) in [6.45, 7) is 10.0. The summed E-state index contributed by atoms with van der Waals surface area (Å²) in [4.78, 5) is 0. The van der Waals surface area contributed by atoms with E-state index in [0.717, 1.165) is 6.42 Å². The maximum absolute atomic E-state index is 9.28. The summed E-state index contributed by atoms with van der Waals surface area (Å²) in [5, 5.41) is 9.28. The standard InChI is InChI=1S/C11H20O2/c1-8(12)6-9-7-10(2,3)13-11(9,4)5/h6,8,12H,7H2,1-5H3/b9-6-. The van der Waals surface area contributed by atoms with Gasteiger partial charge in [0.1, 0.15) is 0 Å². The van der Waals surface area contributed by atoms with E-state index >= 15 is 0 Å². The minimum Gasteiger partial charge on any atom is -0.389 e. The second-order valence-electron chi connectivity index (χ2n) is 4.98. The van der Waals surface area contributed by atoms with Crippen LogP contribution in [0.15, 0.2) is 11.6 Å². The molecule has 0 bridgehead atoms. The Morgan fingerprint density at radius 3 is 2.23 bits per heavy atom. The fourth-order valence-electron chi connectivity index (χ4n) is 2.01. The van der Waals surface area contributed by atoms with Gasteiger partial charge >= 0.3 is 0 Å². The second-order valence-corrected chi connectivity index (χ2v) is 4.98. The van der Waals surface area contributed by atoms with Crippen LogP contribution < -0.4 is 0 Å². The topological polar surface area (TPSA) is 29.5 Å². The predicted molar refractivity (Wildman–Crippen MR) is 53.6 cm³/mol. The molecule has 1 fully saturated rings. The Morgan fingerprint density at radius 2 is 1.92 bits per heavy atom. The molecule has 13 heavy (non-hydrogen) atoms. The van der Waals surface area contributed by atoms with Crippen molar-refractivity contribution in [2.24, 2.45) is 0 Å². The van der Waals surface area contributed by atoms with Crippen molar-refractivity contribution in [1.29, 1.82) is 0 Å². The van der Waals surface area contributed by atoms with Crippen molar-refractivity contribution in [3.05, 3.63) is 11.6 Å². The Hall–Kier alpha value is -0.340. The van der Waals surface area contributed by atoms with Crippen LogP contribution in [-0.2, 0) is 4.74 Å². The lowest BCUT2D eigenvalue weighted by molar-refractivity contribution is -0.0569. The van der Waals surface area contributed by atoms with Gasteiger partial charge in [-0.1, -0.05) is 6.08 Å². The molecule has 0 saturated carbocycles. The van der Waals surface area contributed by atoms with Crippen molar-refractivity contribution in [2.75, 3.05) is 0 Å². The van der Waals surface area contributed by atoms with E-state index in [9.17, 15) is 5.11 Å². The minimum atomic E-state index is -0.383. The van der Waals surface area contributed by atoms with E-state index in [4.69, 9.17) is 4.74 Å². The first-order chi connectivity index (χ1) is 5.73. The van der Waals surface area contributed by atoms with Gasteiger partial charge in [-0.15, -0.1) is 0 Å². The van der Waals surface area contributed by atoms with Crippen molar-refractivity contribution in [2.45, 2.75) is 58.3 Å². The highest BCUT2D eigenvalue weighted by atomic mass is 16.5. The van der Waals surface area contributed by atoms with Crippen LogP contribution in [0.25, 0.3) is 0 Å². The summed E-state index contributed by atoms with van der Waals surface area (Å²) >= 11 is 0. The SMILES string of the molecule is CC(O)/C=C1/CC(C)(C)OC1(C)C. The van der Waals surface area contributed by atoms with Crippen LogP contribution in [0.2, 0.25) is 0 Å². The molecule has 76 valence electrons. The zero-order valence-electron chi connectivity index (χ0n) is 9.22. The summed E-state index contributed by atoms with van der Waals surface area (Å²) in [7, 11) is 0. The van der Waals surface area contributed by atoms with E-state index in [1.54, 1.807) is 6.92 Å². The molecular formula is C11H20O2. The maximum atomic E-state index is 9.28. The molecule has 1 rings (SSSR count). The Balaban J connectivity index is 2.88. The fourth-order valence-corrected chi connectivity index (χ4v) is 2.01. The molecule has 0 aromatic rings. The molecule has 1 aliphatic heterocycles. The summed E-state index contributed by atoms with van der Waals surface area (Å²) in [6, 6.07) is 0. The van der Waals surface area contributed by atoms with Crippen molar-refractivity contribution >= 4 is 0 Å². The molecule has 0 radical (unpaired) electrons. The number of hydrogen-bond donors (Lipinski definition) is 1. The van der Waals surface area contributed by atoms with Gasteiger partial charge in [0.25, 0.3) is 0 Å². The molecule has 2 nitrogen and oxygen atoms in total. The molecule has 0 spiro atoms. The van der Waals surface area contributed by atoms with Gasteiger partial charge in [0, 0.05) is 0 Å². The first-order valence-corrected chi connectivity index (χ1v) is 4.82. The van der Waals surface area contributed by atoms with Crippen LogP contribution in [0.5, 0.6) is 0 Å². The Kier molecular flexibility index (Phi) is 2.56. The summed E-state index contributed by atoms with van der Waals surface area (Å²) in [5.74, 6) is 0. The third-order valence-electron chi connectivity index (χ3n) is 2.36. The van der Waals surface area contributed by atoms with Crippen LogP contribution in [-0.4, -0.2) is 22.4 Å². The van der Waals surface area contributed by atoms with Crippen molar-refractivity contribution in [3.8, 4) is 0 Å². The van der Waals surface area contributed by atoms with Gasteiger partial charge in [-0.05, 0) is 46.6 Å². The molecular weight excluding hydrogens is 164 g/mol. The quantitative estimate of drug-likeness (QED) is 0.633. The summed E-state index contributed by atoms with van der Waals surface area (Å²) in [5.41, 5.74) is 0.887. The zero-order chi connectivity index (χ0) is 10.3. The van der Waals surface area contributed by atoms with Gasteiger partial charge in [0.2, 0.25) is 0 Å². The van der Waals surface area contributed by atoms with E-state index in [0.29, 0.717) is 0 Å². The number of rotatable bonds is 1. The van der Waals surface area contributed by atoms with Crippen molar-refractivity contribution < 1.29 is 9.84 Å². The fraction of sp³-hybridized carbons (Fsp3) is 0.818. The molecule has 1 N–H and O–H groups in total. The van der Waals surface area contributed by atoms with Crippen molar-refractivity contribution in [1.82, 2.24) is 0 Å². The summed E-state index contributed by atoms with van der Waals surface area (Å²) < 4.78 is 5.87. The predicted octanol–water partition coefficient (Wildman–Crippen LogP) is 2.27. The molecule has 0 aromatic carbocycles. The third-order valence-corrected chi connectivity index (χ3v) is 2.36. The van der Waals surface area contributed by atoms with Gasteiger partial charge in [0.15, 0.2) is 0 Å². The monoisotopic (exact) mass is 184 g/mol. The molecule has 0 aliphatic carbocycles. The van der Waals surface area contributed by atoms with Gasteiger partial charge in [0.05, 0.1) is 17.3 Å². The van der Waals surface area contributed by atoms with Crippen LogP contribution in [0, 0.1) is 0 Å². The van der Waals surface area contributed by atoms with Gasteiger partial charge in [-0.3, -0.25) is 0 Å². The van der Waals surface area contributed by atoms with E-state index in [1.165, 1.54) is 5.57 Å². The van der Waals surface area contributed by atoms with Crippen molar-refractivity contribution in [3.63, 3.8) is 0 Å². The molecule has 2 heteroatoms. The Bertz CT molecular complexity index is 224. The van der Waals surface area contributed by atoms with Crippen LogP contribution in [0.4, 0.5) is 0 Å². The maximum Gasteiger partial charge on any atom is 0.0844 e. The first-order valence-electron chi connectivity index (χ1n) is 4.82. The van der Waals surface area contributed by atoms with Crippen LogP contribution in [0.3, 0.4) is 0 Å². The van der Waals surface area contributed by atoms with E-state index in [-0.39, 0.29) is 17.3 Å². The Morgan fingerprint density at radius 1 is 1.38 bits per heavy atom. The smallest absolute Gasteiger partial charge is 0.0844 e. The van der Waals surface area contributed by atoms with Gasteiger partial charge in [-0.25, -0.2) is 0 Å². The van der Waals surface area contributed by atoms with Gasteiger partial charge < -0.3 is 9.84 Å². The molecule has 1 unspecified atom stereocenters. The molecule has 1 saturated heterocycles. The second kappa shape index (κ2) is 3.10. The molecule has 0 aromatic heterocycles. The van der Waals surface area contributed by atoms with E-state index in [2.05, 4.69) is 27.7 Å². The highest BCUT2D eigenvalue weighted by molar-refractivity contribution is 5.23. The lowest BCUT2D eigenvalue weighted by Gasteiger charge is -2.24. The van der Waals surface area contributed by atoms with Crippen LogP contribution in [0.1, 0.15) is 41.0 Å². The number of hydrogen-bond acceptors (Lipinski definition) is 2. The average molecular weight is 184 g/mol. The lowest BCUT2D eigenvalue weighted by atomic mass is 9.93. The van der Waals surface area contributed by atoms with E-state index < -0.39 is 0 Å². The highest BCUT2D eigenvalue weighted by Gasteiger charge is 2.41. The summed E-state index contributed by atoms with van der Waals surface area (Å²) in [6.07, 6.45) is 2.42. The van der Waals surface area contributed by atoms with Gasteiger partial charge in [-0.2, -0.15) is 0 Å². The Labute approximate surface area is 80.6 Å². The molecule has 1 heterocycles. The minimum absolute atomic E-state index is 0.0930. The average Bonchev–Trinajstić information content (AvgIpc) is 1.98.